The molecule has 0 radical (unpaired) electrons. The third-order valence-corrected chi connectivity index (χ3v) is 5.85. The highest BCUT2D eigenvalue weighted by Gasteiger charge is 2.25. The van der Waals surface area contributed by atoms with Crippen LogP contribution in [0.1, 0.15) is 23.2 Å². The van der Waals surface area contributed by atoms with Gasteiger partial charge < -0.3 is 9.64 Å². The van der Waals surface area contributed by atoms with E-state index in [9.17, 15) is 13.2 Å². The molecule has 1 heterocycles. The summed E-state index contributed by atoms with van der Waals surface area (Å²) in [5.74, 6) is 0.00587. The molecule has 1 amide bonds. The predicted molar refractivity (Wildman–Crippen MR) is 100 cm³/mol. The average Bonchev–Trinajstić information content (AvgIpc) is 3.15. The van der Waals surface area contributed by atoms with E-state index in [1.165, 1.54) is 19.2 Å². The summed E-state index contributed by atoms with van der Waals surface area (Å²) in [5, 5.41) is 0.334. The zero-order valence-electron chi connectivity index (χ0n) is 14.2. The van der Waals surface area contributed by atoms with Gasteiger partial charge in [0.25, 0.3) is 15.9 Å². The van der Waals surface area contributed by atoms with Crippen LogP contribution in [-0.2, 0) is 10.0 Å². The maximum absolute atomic E-state index is 12.8. The molecule has 0 unspecified atom stereocenters. The summed E-state index contributed by atoms with van der Waals surface area (Å²) in [6, 6.07) is 10.8. The van der Waals surface area contributed by atoms with Gasteiger partial charge >= 0.3 is 0 Å². The minimum Gasteiger partial charge on any atom is -0.495 e. The molecule has 8 heteroatoms. The highest BCUT2D eigenvalue weighted by Crippen LogP contribution is 2.29. The van der Waals surface area contributed by atoms with Crippen molar-refractivity contribution < 1.29 is 17.9 Å². The Morgan fingerprint density at radius 2 is 1.85 bits per heavy atom. The Morgan fingerprint density at radius 1 is 1.15 bits per heavy atom. The Labute approximate surface area is 157 Å². The Kier molecular flexibility index (Phi) is 5.38. The van der Waals surface area contributed by atoms with Gasteiger partial charge in [0.1, 0.15) is 10.6 Å². The Balaban J connectivity index is 1.98. The van der Waals surface area contributed by atoms with E-state index >= 15 is 0 Å². The average molecular weight is 395 g/mol. The molecule has 26 heavy (non-hydrogen) atoms. The van der Waals surface area contributed by atoms with Gasteiger partial charge in [-0.15, -0.1) is 0 Å². The molecule has 0 aromatic heterocycles. The number of carbonyl (C=O) groups excluding carboxylic acids is 1. The van der Waals surface area contributed by atoms with Gasteiger partial charge in [-0.1, -0.05) is 23.7 Å². The second kappa shape index (κ2) is 7.55. The molecule has 1 fully saturated rings. The molecule has 1 N–H and O–H groups in total. The lowest BCUT2D eigenvalue weighted by molar-refractivity contribution is 0.0794. The number of anilines is 1. The zero-order valence-corrected chi connectivity index (χ0v) is 15.8. The van der Waals surface area contributed by atoms with Crippen molar-refractivity contribution in [3.8, 4) is 5.75 Å². The maximum atomic E-state index is 12.8. The number of sulfonamides is 1. The number of ether oxygens (including phenoxy) is 1. The molecule has 1 saturated heterocycles. The standard InChI is InChI=1S/C18H19ClN2O4S/c1-25-16-6-2-3-7-17(16)26(23,24)20-15-12-13(19)8-9-14(15)18(22)21-10-4-5-11-21/h2-3,6-9,12,20H,4-5,10-11H2,1H3. The van der Waals surface area contributed by atoms with Crippen LogP contribution in [0.3, 0.4) is 0 Å². The first-order chi connectivity index (χ1) is 12.4. The van der Waals surface area contributed by atoms with Crippen molar-refractivity contribution in [3.63, 3.8) is 0 Å². The van der Waals surface area contributed by atoms with Crippen molar-refractivity contribution in [2.45, 2.75) is 17.7 Å². The number of carbonyl (C=O) groups is 1. The summed E-state index contributed by atoms with van der Waals surface area (Å²) in [5.41, 5.74) is 0.426. The van der Waals surface area contributed by atoms with E-state index in [1.54, 1.807) is 35.2 Å². The molecule has 0 bridgehead atoms. The summed E-state index contributed by atoms with van der Waals surface area (Å²) in [6.45, 7) is 1.33. The van der Waals surface area contributed by atoms with E-state index in [2.05, 4.69) is 4.72 Å². The van der Waals surface area contributed by atoms with Crippen molar-refractivity contribution in [2.75, 3.05) is 24.9 Å². The van der Waals surface area contributed by atoms with Gasteiger partial charge in [-0.3, -0.25) is 9.52 Å². The summed E-state index contributed by atoms with van der Waals surface area (Å²) in [7, 11) is -2.56. The van der Waals surface area contributed by atoms with E-state index in [-0.39, 0.29) is 27.8 Å². The van der Waals surface area contributed by atoms with E-state index in [0.29, 0.717) is 18.1 Å². The monoisotopic (exact) mass is 394 g/mol. The molecule has 6 nitrogen and oxygen atoms in total. The number of halogens is 1. The quantitative estimate of drug-likeness (QED) is 0.843. The number of hydrogen-bond donors (Lipinski definition) is 1. The first kappa shape index (κ1) is 18.5. The van der Waals surface area contributed by atoms with E-state index in [1.807, 2.05) is 0 Å². The topological polar surface area (TPSA) is 75.7 Å². The number of nitrogens with zero attached hydrogens (tertiary/aromatic N) is 1. The first-order valence-electron chi connectivity index (χ1n) is 8.17. The molecular weight excluding hydrogens is 376 g/mol. The van der Waals surface area contributed by atoms with Gasteiger partial charge in [0.05, 0.1) is 18.4 Å². The molecule has 3 rings (SSSR count). The number of hydrogen-bond acceptors (Lipinski definition) is 4. The lowest BCUT2D eigenvalue weighted by atomic mass is 10.1. The molecule has 1 aliphatic rings. The van der Waals surface area contributed by atoms with Crippen LogP contribution >= 0.6 is 11.6 Å². The third-order valence-electron chi connectivity index (χ3n) is 4.21. The fraction of sp³-hybridized carbons (Fsp3) is 0.278. The molecule has 2 aromatic carbocycles. The van der Waals surface area contributed by atoms with Crippen molar-refractivity contribution in [3.05, 3.63) is 53.1 Å². The van der Waals surface area contributed by atoms with Crippen LogP contribution in [0, 0.1) is 0 Å². The van der Waals surface area contributed by atoms with Crippen molar-refractivity contribution in [1.82, 2.24) is 4.90 Å². The largest absolute Gasteiger partial charge is 0.495 e. The van der Waals surface area contributed by atoms with Crippen LogP contribution in [0.25, 0.3) is 0 Å². The fourth-order valence-corrected chi connectivity index (χ4v) is 4.33. The summed E-state index contributed by atoms with van der Waals surface area (Å²) in [6.07, 6.45) is 1.89. The number of benzene rings is 2. The van der Waals surface area contributed by atoms with Gasteiger partial charge in [-0.25, -0.2) is 8.42 Å². The molecule has 0 saturated carbocycles. The van der Waals surface area contributed by atoms with Crippen LogP contribution in [0.5, 0.6) is 5.75 Å². The lowest BCUT2D eigenvalue weighted by Gasteiger charge is -2.19. The SMILES string of the molecule is COc1ccccc1S(=O)(=O)Nc1cc(Cl)ccc1C(=O)N1CCCC1. The zero-order chi connectivity index (χ0) is 18.7. The van der Waals surface area contributed by atoms with Gasteiger partial charge in [0.2, 0.25) is 0 Å². The minimum absolute atomic E-state index is 0.0120. The summed E-state index contributed by atoms with van der Waals surface area (Å²) < 4.78 is 33.3. The van der Waals surface area contributed by atoms with Crippen molar-refractivity contribution in [2.24, 2.45) is 0 Å². The molecule has 2 aromatic rings. The molecule has 0 aliphatic carbocycles. The molecule has 1 aliphatic heterocycles. The first-order valence-corrected chi connectivity index (χ1v) is 10.0. The summed E-state index contributed by atoms with van der Waals surface area (Å²) in [4.78, 5) is 14.4. The molecular formula is C18H19ClN2O4S. The molecule has 138 valence electrons. The van der Waals surface area contributed by atoms with Gasteiger partial charge in [-0.05, 0) is 43.2 Å². The number of rotatable bonds is 5. The minimum atomic E-state index is -3.96. The second-order valence-electron chi connectivity index (χ2n) is 5.95. The number of amides is 1. The normalized spacial score (nSPS) is 14.3. The predicted octanol–water partition coefficient (Wildman–Crippen LogP) is 3.39. The maximum Gasteiger partial charge on any atom is 0.265 e. The highest BCUT2D eigenvalue weighted by molar-refractivity contribution is 7.92. The van der Waals surface area contributed by atoms with E-state index < -0.39 is 10.0 Å². The Morgan fingerprint density at radius 3 is 2.54 bits per heavy atom. The number of methoxy groups -OCH3 is 1. The smallest absolute Gasteiger partial charge is 0.265 e. The lowest BCUT2D eigenvalue weighted by Crippen LogP contribution is -2.29. The fourth-order valence-electron chi connectivity index (χ4n) is 2.92. The highest BCUT2D eigenvalue weighted by atomic mass is 35.5. The van der Waals surface area contributed by atoms with Gasteiger partial charge in [-0.2, -0.15) is 0 Å². The third kappa shape index (κ3) is 3.78. The number of nitrogens with one attached hydrogen (secondary N) is 1. The van der Waals surface area contributed by atoms with Crippen LogP contribution < -0.4 is 9.46 Å². The molecule has 0 spiro atoms. The number of para-hydroxylation sites is 1. The van der Waals surface area contributed by atoms with Crippen LogP contribution in [-0.4, -0.2) is 39.4 Å². The Hall–Kier alpha value is -2.25. The molecule has 0 atom stereocenters. The summed E-state index contributed by atoms with van der Waals surface area (Å²) >= 11 is 6.03. The van der Waals surface area contributed by atoms with Crippen molar-refractivity contribution in [1.29, 1.82) is 0 Å². The van der Waals surface area contributed by atoms with Gasteiger partial charge in [0.15, 0.2) is 0 Å². The number of likely N-dealkylation sites (tertiary alicyclic amines) is 1. The van der Waals surface area contributed by atoms with E-state index in [0.717, 1.165) is 12.8 Å². The van der Waals surface area contributed by atoms with Gasteiger partial charge in [0, 0.05) is 18.1 Å². The van der Waals surface area contributed by atoms with Crippen LogP contribution in [0.4, 0.5) is 5.69 Å². The van der Waals surface area contributed by atoms with Crippen molar-refractivity contribution >= 4 is 33.2 Å². The van der Waals surface area contributed by atoms with E-state index in [4.69, 9.17) is 16.3 Å². The second-order valence-corrected chi connectivity index (χ2v) is 8.03. The Bertz CT molecular complexity index is 925. The van der Waals surface area contributed by atoms with Crippen LogP contribution in [0.15, 0.2) is 47.4 Å². The van der Waals surface area contributed by atoms with Crippen LogP contribution in [0.2, 0.25) is 5.02 Å².